The number of rotatable bonds is 9. The third-order valence-corrected chi connectivity index (χ3v) is 7.97. The van der Waals surface area contributed by atoms with Crippen LogP contribution in [0.3, 0.4) is 0 Å². The fraction of sp³-hybridized carbons (Fsp3) is 0.375. The maximum Gasteiger partial charge on any atom is 0.573 e. The molecule has 42 heavy (non-hydrogen) atoms. The SMILES string of the molecule is CC.NCCCn1cc(-c2ccc(OC(F)(F)F)cc2)c2cc(CN3CCN(Cc4c(Cl)cccc4Cl)CC3)ccc21. The molecule has 2 N–H and O–H groups in total. The molecule has 1 aliphatic heterocycles. The Hall–Kier alpha value is -2.75. The molecule has 1 saturated heterocycles. The fourth-order valence-electron chi connectivity index (χ4n) is 5.23. The van der Waals surface area contributed by atoms with Crippen LogP contribution >= 0.6 is 23.2 Å². The maximum absolute atomic E-state index is 12.6. The highest BCUT2D eigenvalue weighted by atomic mass is 35.5. The monoisotopic (exact) mass is 620 g/mol. The number of alkyl halides is 3. The van der Waals surface area contributed by atoms with E-state index in [4.69, 9.17) is 28.9 Å². The van der Waals surface area contributed by atoms with Crippen molar-refractivity contribution in [3.63, 3.8) is 0 Å². The molecule has 0 spiro atoms. The Bertz CT molecular complexity index is 1430. The van der Waals surface area contributed by atoms with Crippen molar-refractivity contribution >= 4 is 34.1 Å². The Kier molecular flexibility index (Phi) is 11.2. The fourth-order valence-corrected chi connectivity index (χ4v) is 5.74. The van der Waals surface area contributed by atoms with E-state index in [2.05, 4.69) is 43.5 Å². The Labute approximate surface area is 255 Å². The molecule has 0 amide bonds. The molecule has 0 bridgehead atoms. The van der Waals surface area contributed by atoms with Crippen molar-refractivity contribution in [3.05, 3.63) is 88.0 Å². The molecule has 1 aliphatic rings. The second-order valence-electron chi connectivity index (χ2n) is 10.1. The highest BCUT2D eigenvalue weighted by Gasteiger charge is 2.31. The molecular formula is C32H37Cl2F3N4O. The van der Waals surface area contributed by atoms with Gasteiger partial charge in [0.1, 0.15) is 5.75 Å². The zero-order valence-electron chi connectivity index (χ0n) is 23.9. The van der Waals surface area contributed by atoms with E-state index < -0.39 is 6.36 Å². The van der Waals surface area contributed by atoms with Gasteiger partial charge in [0.25, 0.3) is 0 Å². The number of fused-ring (bicyclic) bond motifs is 1. The van der Waals surface area contributed by atoms with Crippen LogP contribution in [0.2, 0.25) is 10.0 Å². The lowest BCUT2D eigenvalue weighted by molar-refractivity contribution is -0.274. The highest BCUT2D eigenvalue weighted by Crippen LogP contribution is 2.34. The van der Waals surface area contributed by atoms with Gasteiger partial charge in [-0.05, 0) is 60.5 Å². The molecule has 5 rings (SSSR count). The molecule has 226 valence electrons. The number of aromatic nitrogens is 1. The minimum atomic E-state index is -4.72. The van der Waals surface area contributed by atoms with E-state index in [1.807, 2.05) is 32.0 Å². The van der Waals surface area contributed by atoms with Gasteiger partial charge in [0.15, 0.2) is 0 Å². The lowest BCUT2D eigenvalue weighted by atomic mass is 10.0. The van der Waals surface area contributed by atoms with Crippen LogP contribution in [-0.4, -0.2) is 53.5 Å². The average molecular weight is 622 g/mol. The molecule has 10 heteroatoms. The van der Waals surface area contributed by atoms with E-state index in [-0.39, 0.29) is 5.75 Å². The molecule has 1 aromatic heterocycles. The number of nitrogens with zero attached hydrogens (tertiary/aromatic N) is 3. The van der Waals surface area contributed by atoms with Crippen LogP contribution in [-0.2, 0) is 19.6 Å². The molecule has 1 fully saturated rings. The maximum atomic E-state index is 12.6. The first-order chi connectivity index (χ1) is 20.2. The summed E-state index contributed by atoms with van der Waals surface area (Å²) in [5.41, 5.74) is 10.8. The molecule has 2 heterocycles. The van der Waals surface area contributed by atoms with Crippen molar-refractivity contribution in [1.29, 1.82) is 0 Å². The largest absolute Gasteiger partial charge is 0.573 e. The number of halogens is 5. The van der Waals surface area contributed by atoms with Gasteiger partial charge in [-0.2, -0.15) is 0 Å². The van der Waals surface area contributed by atoms with Gasteiger partial charge in [0.2, 0.25) is 0 Å². The first kappa shape index (κ1) is 32.2. The standard InChI is InChI=1S/C30H31Cl2F3N4O.C2H6/c31-27-3-1-4-28(32)26(27)19-38-15-13-37(14-16-38)18-21-5-10-29-24(17-21)25(20-39(29)12-2-11-36)22-6-8-23(9-7-22)40-30(33,34)35;1-2/h1,3-10,17,20H,2,11-16,18-19,36H2;1-2H3. The van der Waals surface area contributed by atoms with Crippen molar-refractivity contribution in [2.45, 2.75) is 46.3 Å². The molecule has 0 radical (unpaired) electrons. The summed E-state index contributed by atoms with van der Waals surface area (Å²) in [6, 6.07) is 18.1. The summed E-state index contributed by atoms with van der Waals surface area (Å²) < 4.78 is 44.1. The van der Waals surface area contributed by atoms with Gasteiger partial charge in [-0.3, -0.25) is 9.80 Å². The highest BCUT2D eigenvalue weighted by molar-refractivity contribution is 6.35. The lowest BCUT2D eigenvalue weighted by Crippen LogP contribution is -2.45. The van der Waals surface area contributed by atoms with E-state index in [9.17, 15) is 13.2 Å². The summed E-state index contributed by atoms with van der Waals surface area (Å²) in [4.78, 5) is 4.80. The molecule has 0 atom stereocenters. The smallest absolute Gasteiger partial charge is 0.406 e. The van der Waals surface area contributed by atoms with Gasteiger partial charge in [0.05, 0.1) is 0 Å². The van der Waals surface area contributed by atoms with Crippen LogP contribution < -0.4 is 10.5 Å². The summed E-state index contributed by atoms with van der Waals surface area (Å²) in [6.45, 7) is 10.5. The van der Waals surface area contributed by atoms with Crippen LogP contribution in [0.25, 0.3) is 22.0 Å². The molecule has 0 unspecified atom stereocenters. The first-order valence-electron chi connectivity index (χ1n) is 14.3. The number of hydrogen-bond acceptors (Lipinski definition) is 4. The first-order valence-corrected chi connectivity index (χ1v) is 15.0. The third kappa shape index (κ3) is 8.20. The van der Waals surface area contributed by atoms with Gasteiger partial charge in [0, 0.05) is 84.1 Å². The Morgan fingerprint density at radius 2 is 1.48 bits per heavy atom. The second-order valence-corrected chi connectivity index (χ2v) is 10.9. The Morgan fingerprint density at radius 3 is 2.07 bits per heavy atom. The number of hydrogen-bond donors (Lipinski definition) is 1. The topological polar surface area (TPSA) is 46.7 Å². The van der Waals surface area contributed by atoms with Gasteiger partial charge in [-0.25, -0.2) is 0 Å². The van der Waals surface area contributed by atoms with E-state index in [0.717, 1.165) is 79.8 Å². The van der Waals surface area contributed by atoms with Gasteiger partial charge in [-0.15, -0.1) is 13.2 Å². The van der Waals surface area contributed by atoms with E-state index in [1.54, 1.807) is 12.1 Å². The lowest BCUT2D eigenvalue weighted by Gasteiger charge is -2.35. The summed E-state index contributed by atoms with van der Waals surface area (Å²) in [5, 5.41) is 2.45. The average Bonchev–Trinajstić information content (AvgIpc) is 3.33. The molecule has 0 saturated carbocycles. The van der Waals surface area contributed by atoms with Gasteiger partial charge in [-0.1, -0.05) is 61.3 Å². The minimum Gasteiger partial charge on any atom is -0.406 e. The van der Waals surface area contributed by atoms with Crippen molar-refractivity contribution in [2.24, 2.45) is 5.73 Å². The van der Waals surface area contributed by atoms with Crippen molar-refractivity contribution in [2.75, 3.05) is 32.7 Å². The summed E-state index contributed by atoms with van der Waals surface area (Å²) >= 11 is 12.7. The Balaban J connectivity index is 0.00000198. The Morgan fingerprint density at radius 1 is 0.857 bits per heavy atom. The van der Waals surface area contributed by atoms with Crippen LogP contribution in [0.5, 0.6) is 5.75 Å². The van der Waals surface area contributed by atoms with E-state index in [0.29, 0.717) is 16.6 Å². The normalized spacial score (nSPS) is 14.6. The number of benzene rings is 3. The number of ether oxygens (including phenoxy) is 1. The molecule has 4 aromatic rings. The molecule has 0 aliphatic carbocycles. The summed E-state index contributed by atoms with van der Waals surface area (Å²) in [5.74, 6) is -0.236. The zero-order valence-corrected chi connectivity index (χ0v) is 25.4. The van der Waals surface area contributed by atoms with Crippen LogP contribution in [0, 0.1) is 0 Å². The van der Waals surface area contributed by atoms with Crippen molar-refractivity contribution in [1.82, 2.24) is 14.4 Å². The predicted molar refractivity (Wildman–Crippen MR) is 166 cm³/mol. The summed E-state index contributed by atoms with van der Waals surface area (Å²) in [7, 11) is 0. The van der Waals surface area contributed by atoms with Crippen LogP contribution in [0.1, 0.15) is 31.4 Å². The van der Waals surface area contributed by atoms with Crippen LogP contribution in [0.15, 0.2) is 66.9 Å². The quantitative estimate of drug-likeness (QED) is 0.205. The predicted octanol–water partition coefficient (Wildman–Crippen LogP) is 8.21. The minimum absolute atomic E-state index is 0.236. The molecule has 5 nitrogen and oxygen atoms in total. The second kappa shape index (κ2) is 14.6. The van der Waals surface area contributed by atoms with E-state index in [1.165, 1.54) is 17.7 Å². The molecule has 3 aromatic carbocycles. The number of aryl methyl sites for hydroxylation is 1. The van der Waals surface area contributed by atoms with Crippen LogP contribution in [0.4, 0.5) is 13.2 Å². The van der Waals surface area contributed by atoms with Gasteiger partial charge < -0.3 is 15.0 Å². The van der Waals surface area contributed by atoms with Crippen molar-refractivity contribution < 1.29 is 17.9 Å². The zero-order chi connectivity index (χ0) is 30.3. The van der Waals surface area contributed by atoms with Gasteiger partial charge >= 0.3 is 6.36 Å². The summed E-state index contributed by atoms with van der Waals surface area (Å²) in [6.07, 6.45) is -1.84. The molecular weight excluding hydrogens is 584 g/mol. The number of nitrogens with two attached hydrogens (primary N) is 1. The third-order valence-electron chi connectivity index (χ3n) is 7.26. The van der Waals surface area contributed by atoms with Crippen molar-refractivity contribution in [3.8, 4) is 16.9 Å². The van der Waals surface area contributed by atoms with E-state index >= 15 is 0 Å². The number of piperazine rings is 1.